The van der Waals surface area contributed by atoms with Crippen LogP contribution in [0, 0.1) is 25.2 Å². The molecule has 6 aromatic carbocycles. The van der Waals surface area contributed by atoms with Crippen molar-refractivity contribution in [2.24, 2.45) is 15.4 Å². The molecule has 0 saturated carbocycles. The van der Waals surface area contributed by atoms with Crippen molar-refractivity contribution in [3.8, 4) is 6.07 Å². The molecule has 0 aliphatic carbocycles. The van der Waals surface area contributed by atoms with Crippen molar-refractivity contribution in [3.05, 3.63) is 209 Å². The van der Waals surface area contributed by atoms with Gasteiger partial charge in [0.1, 0.15) is 44.7 Å². The number of hydrogen-bond donors (Lipinski definition) is 6. The first-order valence-electron chi connectivity index (χ1n) is 24.8. The second kappa shape index (κ2) is 50.6. The molecular weight excluding hydrogens is 1770 g/mol. The van der Waals surface area contributed by atoms with E-state index in [-0.39, 0.29) is 55.5 Å². The van der Waals surface area contributed by atoms with Gasteiger partial charge in [0.05, 0.1) is 43.1 Å². The Morgan fingerprint density at radius 2 is 0.821 bits per heavy atom. The largest absolute Gasteiger partial charge is 0 e. The number of aromatic nitrogens is 12. The van der Waals surface area contributed by atoms with Crippen LogP contribution in [-0.4, -0.2) is 113 Å². The number of benzene rings is 6. The molecule has 0 atom stereocenters. The number of aldehydes is 1. The molecule has 23 nitrogen and oxygen atoms in total. The number of carboxylic acid groups (broad SMARTS) is 2. The van der Waals surface area contributed by atoms with Crippen molar-refractivity contribution in [1.82, 2.24) is 59.8 Å². The van der Waals surface area contributed by atoms with Gasteiger partial charge in [0.15, 0.2) is 6.29 Å². The number of alkyl halides is 2. The fourth-order valence-electron chi connectivity index (χ4n) is 6.98. The van der Waals surface area contributed by atoms with Crippen molar-refractivity contribution < 1.29 is 52.1 Å². The minimum atomic E-state index is -0.833. The molecule has 0 bridgehead atoms. The number of carbonyl (C=O) groups excluding carboxylic acids is 1. The number of nitrogens with two attached hydrogens (primary N) is 1. The molecule has 6 aromatic heterocycles. The summed E-state index contributed by atoms with van der Waals surface area (Å²) < 4.78 is 7.33. The number of oxime groups is 1. The number of hydrogen-bond acceptors (Lipinski definition) is 22. The van der Waals surface area contributed by atoms with Gasteiger partial charge in [-0.2, -0.15) is 5.26 Å². The van der Waals surface area contributed by atoms with Gasteiger partial charge in [-0.3, -0.25) is 74.2 Å². The second-order valence-electron chi connectivity index (χ2n) is 16.6. The van der Waals surface area contributed by atoms with Crippen LogP contribution in [0.4, 0.5) is 0 Å². The third-order valence-electron chi connectivity index (χ3n) is 10.6. The first-order chi connectivity index (χ1) is 43.2. The van der Waals surface area contributed by atoms with E-state index in [0.717, 1.165) is 103 Å². The van der Waals surface area contributed by atoms with Crippen molar-refractivity contribution >= 4 is 235 Å². The number of fused-ring (bicyclic) bond motifs is 6. The Morgan fingerprint density at radius 1 is 0.516 bits per heavy atom. The number of carbonyl (C=O) groups is 3. The topological polar surface area (TPSA) is 361 Å². The van der Waals surface area contributed by atoms with Crippen LogP contribution in [0.25, 0.3) is 66.2 Å². The summed E-state index contributed by atoms with van der Waals surface area (Å²) in [6.07, 6.45) is 21.9. The van der Waals surface area contributed by atoms with E-state index < -0.39 is 11.9 Å². The summed E-state index contributed by atoms with van der Waals surface area (Å²) in [4.78, 5) is 78.9. The van der Waals surface area contributed by atoms with E-state index in [1.807, 2.05) is 62.4 Å². The summed E-state index contributed by atoms with van der Waals surface area (Å²) >= 11 is 27.1. The molecule has 12 aromatic rings. The molecule has 6 heterocycles. The zero-order valence-corrected chi connectivity index (χ0v) is 61.6. The SMILES string of the molecule is Brc1ccc(C(Br)Br)c2nccnc12.C.C.C.CC(=O)O.CC(=O)O.Cc1ccc(Br)c2nccnc12.Cc1cccc2nccnc12.Cl.N#Cc1ccc(Br)c2nccnc12.NO.O/N=C/c1ccc(Br)c2nccnc12.O=Cc1ccc(Br)c2nccnc12.[B]=NS.[Cu]. The Kier molecular flexibility index (Phi) is 49.2. The standard InChI is InChI=1S/C9H5Br3N2.C9H6BrN3O.C9H4BrN3.C9H5BrN2O.C9H7BrN2.C9H8N2.2C2H4O2.3CH4.BHNS.ClH.Cu.H3NO/c10-6-2-1-5(9(11)12)7-8(6)14-4-3-13-7;10-7-2-1-6(5-13-14)8-9(7)12-4-3-11-8;10-7-2-1-6(5-11)8-9(7)13-4-3-12-8;10-7-2-1-6(5-13)8-9(7)12-4-3-11-8;1-6-2-3-7(10)9-8(6)11-4-5-12-9;1-7-3-2-4-8-9(7)11-6-5-10-8;2*1-2(3)4;;;;1-2-3;;;1-2/h1-4,9H;1-5,14H;1-4H;1-5H;2-5H,1H3;2-6H,1H3;2*1H3,(H,3,4);3*1H4;3H;1H;;2H,1H2/b;13-5+;;;;;;;;;;;;;. The van der Waals surface area contributed by atoms with Gasteiger partial charge in [-0.15, -0.1) is 12.4 Å². The molecular formula is C61H60BBr7ClCuN16O7S. The Balaban J connectivity index is -0.00000102. The van der Waals surface area contributed by atoms with Gasteiger partial charge in [-0.25, -0.2) is 5.90 Å². The Hall–Kier alpha value is -6.77. The van der Waals surface area contributed by atoms with Gasteiger partial charge in [-0.1, -0.05) is 83.6 Å². The predicted octanol–water partition coefficient (Wildman–Crippen LogP) is 17.5. The van der Waals surface area contributed by atoms with Crippen LogP contribution < -0.4 is 5.90 Å². The van der Waals surface area contributed by atoms with Gasteiger partial charge in [-0.05, 0) is 159 Å². The third-order valence-corrected chi connectivity index (χ3v) is 14.7. The Labute approximate surface area is 630 Å². The number of nitriles is 1. The third kappa shape index (κ3) is 30.0. The number of rotatable bonds is 3. The summed E-state index contributed by atoms with van der Waals surface area (Å²) in [7, 11) is 4.34. The Morgan fingerprint density at radius 3 is 1.22 bits per heavy atom. The maximum atomic E-state index is 10.6. The number of nitrogens with zero attached hydrogens (tertiary/aromatic N) is 15. The zero-order valence-electron chi connectivity index (χ0n) is 47.8. The van der Waals surface area contributed by atoms with E-state index in [9.17, 15) is 4.79 Å². The summed E-state index contributed by atoms with van der Waals surface area (Å²) in [5.74, 6) is 1.83. The molecule has 0 aliphatic heterocycles. The van der Waals surface area contributed by atoms with Crippen LogP contribution in [0.2, 0.25) is 0 Å². The summed E-state index contributed by atoms with van der Waals surface area (Å²) in [6, 6.07) is 26.8. The number of para-hydroxylation sites is 1. The zero-order chi connectivity index (χ0) is 66.7. The first kappa shape index (κ1) is 92.4. The molecule has 0 spiro atoms. The molecule has 6 N–H and O–H groups in total. The van der Waals surface area contributed by atoms with Crippen molar-refractivity contribution in [2.75, 3.05) is 0 Å². The van der Waals surface area contributed by atoms with Crippen LogP contribution in [0.5, 0.6) is 0 Å². The van der Waals surface area contributed by atoms with Gasteiger partial charge in [0.25, 0.3) is 11.9 Å². The molecule has 0 saturated heterocycles. The van der Waals surface area contributed by atoms with Crippen LogP contribution in [0.1, 0.15) is 78.0 Å². The normalized spacial score (nSPS) is 9.27. The smallest absolute Gasteiger partial charge is 0 e. The molecule has 2 radical (unpaired) electrons. The van der Waals surface area contributed by atoms with Crippen molar-refractivity contribution in [2.45, 2.75) is 53.7 Å². The van der Waals surface area contributed by atoms with Crippen LogP contribution in [0.3, 0.4) is 0 Å². The molecule has 0 aliphatic rings. The number of aryl methyl sites for hydroxylation is 2. The van der Waals surface area contributed by atoms with E-state index >= 15 is 0 Å². The fourth-order valence-corrected chi connectivity index (χ4v) is 9.83. The predicted molar refractivity (Wildman–Crippen MR) is 402 cm³/mol. The maximum absolute atomic E-state index is 10.6. The average molecular weight is 1830 g/mol. The molecule has 0 amide bonds. The quantitative estimate of drug-likeness (QED) is 0.0182. The molecule has 502 valence electrons. The average Bonchev–Trinajstić information content (AvgIpc) is 0.868. The van der Waals surface area contributed by atoms with Crippen LogP contribution in [0.15, 0.2) is 185 Å². The van der Waals surface area contributed by atoms with Gasteiger partial charge in [0, 0.05) is 144 Å². The van der Waals surface area contributed by atoms with E-state index in [1.165, 1.54) is 11.8 Å². The van der Waals surface area contributed by atoms with E-state index in [1.54, 1.807) is 105 Å². The minimum Gasteiger partial charge on any atom is 0 e. The molecule has 12 rings (SSSR count). The van der Waals surface area contributed by atoms with Gasteiger partial charge < -0.3 is 20.6 Å². The first-order valence-corrected chi connectivity index (χ1v) is 31.0. The number of carboxylic acids is 2. The Bertz CT molecular complexity index is 4390. The van der Waals surface area contributed by atoms with E-state index in [2.05, 4.69) is 213 Å². The summed E-state index contributed by atoms with van der Waals surface area (Å²) in [5, 5.41) is 41.6. The fraction of sp³-hybridized carbons (Fsp3) is 0.131. The molecule has 0 unspecified atom stereocenters. The van der Waals surface area contributed by atoms with E-state index in [4.69, 9.17) is 35.5 Å². The number of thiol groups is 1. The maximum Gasteiger partial charge on any atom is 0 e. The van der Waals surface area contributed by atoms with E-state index in [0.29, 0.717) is 33.2 Å². The van der Waals surface area contributed by atoms with Gasteiger partial charge >= 0.3 is 24.8 Å². The molecule has 0 fully saturated rings. The summed E-state index contributed by atoms with van der Waals surface area (Å²) in [5.41, 5.74) is 15.1. The van der Waals surface area contributed by atoms with Gasteiger partial charge in [0.2, 0.25) is 0 Å². The monoisotopic (exact) mass is 1820 g/mol. The van der Waals surface area contributed by atoms with Crippen LogP contribution in [-0.2, 0) is 26.7 Å². The summed E-state index contributed by atoms with van der Waals surface area (Å²) in [6.45, 7) is 6.24. The molecule has 95 heavy (non-hydrogen) atoms. The van der Waals surface area contributed by atoms with Crippen molar-refractivity contribution in [1.29, 1.82) is 5.26 Å². The van der Waals surface area contributed by atoms with Crippen LogP contribution >= 0.6 is 137 Å². The van der Waals surface area contributed by atoms with Crippen molar-refractivity contribution in [3.63, 3.8) is 0 Å². The second-order valence-corrected chi connectivity index (χ2v) is 24.1. The molecule has 34 heteroatoms. The number of aliphatic carboxylic acids is 2. The number of halogens is 8. The minimum absolute atomic E-state index is 0.